The predicted molar refractivity (Wildman–Crippen MR) is 124 cm³/mol. The maximum atomic E-state index is 15.0. The molecule has 0 aromatic heterocycles. The van der Waals surface area contributed by atoms with Crippen LogP contribution in [0.3, 0.4) is 0 Å². The number of anilines is 1. The molecule has 2 fully saturated rings. The van der Waals surface area contributed by atoms with Crippen molar-refractivity contribution < 1.29 is 28.5 Å². The van der Waals surface area contributed by atoms with E-state index in [0.717, 1.165) is 36.8 Å². The lowest BCUT2D eigenvalue weighted by Crippen LogP contribution is -2.50. The number of aliphatic carboxylic acids is 1. The lowest BCUT2D eigenvalue weighted by molar-refractivity contribution is -0.145. The van der Waals surface area contributed by atoms with E-state index in [-0.39, 0.29) is 11.9 Å². The van der Waals surface area contributed by atoms with Gasteiger partial charge < -0.3 is 24.6 Å². The summed E-state index contributed by atoms with van der Waals surface area (Å²) in [6.45, 7) is 2.92. The molecule has 2 aromatic carbocycles. The molecule has 1 aliphatic carbocycles. The van der Waals surface area contributed by atoms with Crippen molar-refractivity contribution in [3.63, 3.8) is 0 Å². The molecule has 6 nitrogen and oxygen atoms in total. The molecule has 2 aromatic rings. The Kier molecular flexibility index (Phi) is 7.20. The summed E-state index contributed by atoms with van der Waals surface area (Å²) >= 11 is 0. The highest BCUT2D eigenvalue weighted by molar-refractivity contribution is 5.83. The fourth-order valence-electron chi connectivity index (χ4n) is 4.78. The lowest BCUT2D eigenvalue weighted by atomic mass is 9.89. The highest BCUT2D eigenvalue weighted by Gasteiger charge is 2.40. The van der Waals surface area contributed by atoms with E-state index < -0.39 is 11.5 Å². The number of hydrogen-bond donors (Lipinski definition) is 2. The molecular formula is C26H32FNO5. The van der Waals surface area contributed by atoms with Gasteiger partial charge in [-0.2, -0.15) is 0 Å². The smallest absolute Gasteiger partial charge is 0.329 e. The van der Waals surface area contributed by atoms with Crippen LogP contribution in [0.25, 0.3) is 11.1 Å². The number of aryl methyl sites for hydroxylation is 1. The second-order valence-electron chi connectivity index (χ2n) is 9.02. The Morgan fingerprint density at radius 3 is 2.58 bits per heavy atom. The predicted octanol–water partition coefficient (Wildman–Crippen LogP) is 5.31. The van der Waals surface area contributed by atoms with Crippen molar-refractivity contribution >= 4 is 11.7 Å². The van der Waals surface area contributed by atoms with E-state index >= 15 is 4.39 Å². The zero-order valence-corrected chi connectivity index (χ0v) is 19.3. The van der Waals surface area contributed by atoms with Gasteiger partial charge in [-0.3, -0.25) is 0 Å². The largest absolute Gasteiger partial charge is 0.496 e. The monoisotopic (exact) mass is 457 g/mol. The number of rotatable bonds is 8. The highest BCUT2D eigenvalue weighted by Crippen LogP contribution is 2.36. The van der Waals surface area contributed by atoms with Gasteiger partial charge in [0.15, 0.2) is 0 Å². The first-order valence-corrected chi connectivity index (χ1v) is 11.6. The highest BCUT2D eigenvalue weighted by atomic mass is 19.1. The second-order valence-corrected chi connectivity index (χ2v) is 9.02. The van der Waals surface area contributed by atoms with Crippen molar-refractivity contribution in [2.24, 2.45) is 0 Å². The van der Waals surface area contributed by atoms with E-state index in [4.69, 9.17) is 14.2 Å². The van der Waals surface area contributed by atoms with Gasteiger partial charge in [0.25, 0.3) is 0 Å². The summed E-state index contributed by atoms with van der Waals surface area (Å²) in [5.41, 5.74) is 2.28. The molecule has 33 heavy (non-hydrogen) atoms. The van der Waals surface area contributed by atoms with Crippen LogP contribution in [0.4, 0.5) is 10.1 Å². The van der Waals surface area contributed by atoms with Crippen molar-refractivity contribution in [3.05, 3.63) is 47.3 Å². The molecule has 0 amide bonds. The van der Waals surface area contributed by atoms with E-state index in [9.17, 15) is 9.90 Å². The summed E-state index contributed by atoms with van der Waals surface area (Å²) < 4.78 is 32.0. The number of carbonyl (C=O) groups is 1. The molecule has 2 N–H and O–H groups in total. The number of methoxy groups -OCH3 is 1. The Morgan fingerprint density at radius 1 is 1.18 bits per heavy atom. The average Bonchev–Trinajstić information content (AvgIpc) is 3.33. The molecule has 4 rings (SSSR count). The van der Waals surface area contributed by atoms with Crippen molar-refractivity contribution in [2.45, 2.75) is 63.7 Å². The quantitative estimate of drug-likeness (QED) is 0.559. The van der Waals surface area contributed by atoms with Crippen molar-refractivity contribution in [1.29, 1.82) is 0 Å². The summed E-state index contributed by atoms with van der Waals surface area (Å²) in [5.74, 6) is -0.612. The van der Waals surface area contributed by atoms with Gasteiger partial charge in [-0.25, -0.2) is 9.18 Å². The molecule has 1 heterocycles. The first kappa shape index (κ1) is 23.5. The molecule has 0 radical (unpaired) electrons. The fourth-order valence-corrected chi connectivity index (χ4v) is 4.78. The number of carboxylic acids is 1. The van der Waals surface area contributed by atoms with E-state index in [1.165, 1.54) is 6.07 Å². The van der Waals surface area contributed by atoms with Gasteiger partial charge in [-0.15, -0.1) is 0 Å². The molecule has 0 spiro atoms. The summed E-state index contributed by atoms with van der Waals surface area (Å²) in [4.78, 5) is 12.1. The maximum absolute atomic E-state index is 15.0. The third kappa shape index (κ3) is 5.14. The Bertz CT molecular complexity index is 996. The number of carboxylic acid groups (broad SMARTS) is 1. The van der Waals surface area contributed by atoms with Crippen LogP contribution in [-0.4, -0.2) is 43.0 Å². The summed E-state index contributed by atoms with van der Waals surface area (Å²) in [6, 6.07) is 8.71. The van der Waals surface area contributed by atoms with Crippen molar-refractivity contribution in [2.75, 3.05) is 25.6 Å². The Balaban J connectivity index is 1.69. The van der Waals surface area contributed by atoms with E-state index in [1.807, 2.05) is 19.1 Å². The van der Waals surface area contributed by atoms with Crippen molar-refractivity contribution in [3.8, 4) is 16.9 Å². The summed E-state index contributed by atoms with van der Waals surface area (Å²) in [5, 5.41) is 13.1. The minimum Gasteiger partial charge on any atom is -0.496 e. The number of ether oxygens (including phenoxy) is 3. The van der Waals surface area contributed by atoms with Gasteiger partial charge in [-0.05, 0) is 60.7 Å². The normalized spacial score (nSPS) is 18.3. The number of nitrogens with one attached hydrogen (secondary N) is 1. The lowest BCUT2D eigenvalue weighted by Gasteiger charge is -2.35. The van der Waals surface area contributed by atoms with Gasteiger partial charge in [0, 0.05) is 37.3 Å². The van der Waals surface area contributed by atoms with Crippen LogP contribution in [0, 0.1) is 12.7 Å². The van der Waals surface area contributed by atoms with Crippen LogP contribution in [0.1, 0.15) is 49.7 Å². The van der Waals surface area contributed by atoms with Crippen LogP contribution in [0.15, 0.2) is 30.3 Å². The minimum atomic E-state index is -1.08. The van der Waals surface area contributed by atoms with Crippen LogP contribution in [0.2, 0.25) is 0 Å². The fraction of sp³-hybridized carbons (Fsp3) is 0.500. The van der Waals surface area contributed by atoms with Gasteiger partial charge in [0.1, 0.15) is 17.1 Å². The van der Waals surface area contributed by atoms with Gasteiger partial charge in [0.2, 0.25) is 0 Å². The van der Waals surface area contributed by atoms with E-state index in [1.54, 1.807) is 19.2 Å². The van der Waals surface area contributed by atoms with E-state index in [0.29, 0.717) is 55.2 Å². The molecule has 0 atom stereocenters. The molecule has 0 unspecified atom stereocenters. The molecule has 7 heteroatoms. The Morgan fingerprint density at radius 2 is 1.91 bits per heavy atom. The molecule has 1 saturated carbocycles. The van der Waals surface area contributed by atoms with Crippen LogP contribution < -0.4 is 10.1 Å². The van der Waals surface area contributed by atoms with Crippen molar-refractivity contribution in [1.82, 2.24) is 0 Å². The zero-order chi connectivity index (χ0) is 23.4. The third-order valence-corrected chi connectivity index (χ3v) is 6.80. The first-order valence-electron chi connectivity index (χ1n) is 11.6. The van der Waals surface area contributed by atoms with E-state index in [2.05, 4.69) is 5.32 Å². The number of halogens is 1. The van der Waals surface area contributed by atoms with Crippen LogP contribution >= 0.6 is 0 Å². The average molecular weight is 458 g/mol. The molecule has 1 aliphatic heterocycles. The molecule has 1 saturated heterocycles. The van der Waals surface area contributed by atoms with Gasteiger partial charge in [-0.1, -0.05) is 18.9 Å². The van der Waals surface area contributed by atoms with Crippen LogP contribution in [0.5, 0.6) is 5.75 Å². The molecular weight excluding hydrogens is 425 g/mol. The standard InChI is InChI=1S/C26H32FNO5/c1-17-13-23(27)22(15-24(17)31-2)21-8-7-19(14-18(21)16-33-20-5-3-4-6-20)28-26(25(29)30)9-11-32-12-10-26/h7-8,13-15,20,28H,3-6,9-12,16H2,1-2H3,(H,29,30). The number of benzene rings is 2. The van der Waals surface area contributed by atoms with Gasteiger partial charge >= 0.3 is 5.97 Å². The number of hydrogen-bond acceptors (Lipinski definition) is 5. The van der Waals surface area contributed by atoms with Crippen LogP contribution in [-0.2, 0) is 20.9 Å². The molecule has 2 aliphatic rings. The Labute approximate surface area is 194 Å². The third-order valence-electron chi connectivity index (χ3n) is 6.80. The second kappa shape index (κ2) is 10.1. The minimum absolute atomic E-state index is 0.202. The zero-order valence-electron chi connectivity index (χ0n) is 19.3. The molecule has 0 bridgehead atoms. The first-order chi connectivity index (χ1) is 15.9. The summed E-state index contributed by atoms with van der Waals surface area (Å²) in [6.07, 6.45) is 5.33. The summed E-state index contributed by atoms with van der Waals surface area (Å²) in [7, 11) is 1.57. The topological polar surface area (TPSA) is 77.0 Å². The Hall–Kier alpha value is -2.64. The molecule has 178 valence electrons. The van der Waals surface area contributed by atoms with Gasteiger partial charge in [0.05, 0.1) is 19.8 Å². The SMILES string of the molecule is COc1cc(-c2ccc(NC3(C(=O)O)CCOCC3)cc2COC2CCCC2)c(F)cc1C. The maximum Gasteiger partial charge on any atom is 0.329 e.